The molecule has 22 heavy (non-hydrogen) atoms. The lowest BCUT2D eigenvalue weighted by molar-refractivity contribution is 0.416. The molecule has 0 aliphatic rings. The van der Waals surface area contributed by atoms with Crippen LogP contribution < -0.4 is 5.43 Å². The van der Waals surface area contributed by atoms with Crippen molar-refractivity contribution in [2.75, 3.05) is 19.8 Å². The molecule has 0 amide bonds. The van der Waals surface area contributed by atoms with Crippen LogP contribution in [0.5, 0.6) is 0 Å². The van der Waals surface area contributed by atoms with Gasteiger partial charge in [-0.25, -0.2) is 5.43 Å². The average Bonchev–Trinajstić information content (AvgIpc) is 2.54. The topological polar surface area (TPSA) is 40.0 Å². The zero-order valence-corrected chi connectivity index (χ0v) is 14.4. The maximum absolute atomic E-state index is 4.33. The van der Waals surface area contributed by atoms with E-state index in [4.69, 9.17) is 0 Å². The minimum Gasteiger partial charge on any atom is -0.289 e. The minimum atomic E-state index is 0.718. The van der Waals surface area contributed by atoms with E-state index in [0.29, 0.717) is 0 Å². The number of benzene rings is 1. The van der Waals surface area contributed by atoms with E-state index in [1.807, 2.05) is 25.2 Å². The van der Waals surface area contributed by atoms with E-state index >= 15 is 0 Å². The quantitative estimate of drug-likeness (QED) is 0.363. The first-order valence-corrected chi connectivity index (χ1v) is 8.06. The molecule has 0 radical (unpaired) electrons. The van der Waals surface area contributed by atoms with Crippen molar-refractivity contribution >= 4 is 22.6 Å². The highest BCUT2D eigenvalue weighted by Gasteiger charge is 2.05. The highest BCUT2D eigenvalue weighted by molar-refractivity contribution is 8.13. The molecule has 1 rings (SSSR count). The lowest BCUT2D eigenvalue weighted by atomic mass is 10.1. The molecule has 5 heteroatoms. The predicted molar refractivity (Wildman–Crippen MR) is 99.4 cm³/mol. The fourth-order valence-corrected chi connectivity index (χ4v) is 2.24. The van der Waals surface area contributed by atoms with Crippen molar-refractivity contribution in [2.45, 2.75) is 13.3 Å². The van der Waals surface area contributed by atoms with E-state index in [-0.39, 0.29) is 0 Å². The normalized spacial score (nSPS) is 12.1. The third-order valence-electron chi connectivity index (χ3n) is 2.96. The molecule has 0 bridgehead atoms. The smallest absolute Gasteiger partial charge is 0.199 e. The van der Waals surface area contributed by atoms with Crippen LogP contribution in [0, 0.1) is 6.92 Å². The van der Waals surface area contributed by atoms with Crippen molar-refractivity contribution in [1.82, 2.24) is 10.4 Å². The van der Waals surface area contributed by atoms with Crippen molar-refractivity contribution < 1.29 is 0 Å². The van der Waals surface area contributed by atoms with E-state index < -0.39 is 0 Å². The second-order valence-electron chi connectivity index (χ2n) is 4.72. The van der Waals surface area contributed by atoms with Gasteiger partial charge in [-0.1, -0.05) is 54.2 Å². The van der Waals surface area contributed by atoms with Crippen molar-refractivity contribution in [1.29, 1.82) is 0 Å². The molecule has 0 saturated heterocycles. The van der Waals surface area contributed by atoms with Crippen LogP contribution in [0.4, 0.5) is 0 Å². The third-order valence-corrected chi connectivity index (χ3v) is 3.97. The summed E-state index contributed by atoms with van der Waals surface area (Å²) in [6.07, 6.45) is 4.31. The van der Waals surface area contributed by atoms with Crippen LogP contribution in [0.25, 0.3) is 0 Å². The first kappa shape index (κ1) is 18.2. The van der Waals surface area contributed by atoms with E-state index in [1.54, 1.807) is 17.8 Å². The van der Waals surface area contributed by atoms with Crippen LogP contribution in [-0.2, 0) is 6.42 Å². The summed E-state index contributed by atoms with van der Waals surface area (Å²) in [5.41, 5.74) is 6.31. The number of hydrogen-bond donors (Lipinski definition) is 1. The Kier molecular flexibility index (Phi) is 8.25. The van der Waals surface area contributed by atoms with Gasteiger partial charge in [0.05, 0.1) is 5.71 Å². The van der Waals surface area contributed by atoms with Crippen LogP contribution >= 0.6 is 11.8 Å². The molecule has 118 valence electrons. The zero-order valence-electron chi connectivity index (χ0n) is 13.5. The maximum atomic E-state index is 4.33. The number of rotatable bonds is 7. The largest absolute Gasteiger partial charge is 0.289 e. The summed E-state index contributed by atoms with van der Waals surface area (Å²) < 4.78 is 0. The molecule has 0 fully saturated rings. The Morgan fingerprint density at radius 3 is 2.50 bits per heavy atom. The molecule has 0 atom stereocenters. The van der Waals surface area contributed by atoms with Gasteiger partial charge in [-0.3, -0.25) is 5.01 Å². The Labute approximate surface area is 137 Å². The fraction of sp³-hybridized carbons (Fsp3) is 0.294. The molecular weight excluding hydrogens is 292 g/mol. The molecule has 1 aromatic carbocycles. The molecule has 0 saturated carbocycles. The number of amidine groups is 1. The highest BCUT2D eigenvalue weighted by atomic mass is 32.2. The van der Waals surface area contributed by atoms with Gasteiger partial charge in [0, 0.05) is 26.3 Å². The van der Waals surface area contributed by atoms with Crippen molar-refractivity contribution in [3.05, 3.63) is 60.7 Å². The number of nitrogens with one attached hydrogen (secondary N) is 1. The maximum Gasteiger partial charge on any atom is 0.199 e. The number of aryl methyl sites for hydroxylation is 1. The molecule has 1 N–H and O–H groups in total. The Morgan fingerprint density at radius 2 is 1.95 bits per heavy atom. The summed E-state index contributed by atoms with van der Waals surface area (Å²) in [5, 5.41) is 11.3. The van der Waals surface area contributed by atoms with Gasteiger partial charge in [-0.15, -0.1) is 11.7 Å². The summed E-state index contributed by atoms with van der Waals surface area (Å²) in [6.45, 7) is 9.63. The molecule has 0 unspecified atom stereocenters. The van der Waals surface area contributed by atoms with Crippen LogP contribution in [-0.4, -0.2) is 35.7 Å². The van der Waals surface area contributed by atoms with Crippen molar-refractivity contribution in [3.8, 4) is 0 Å². The minimum absolute atomic E-state index is 0.718. The average molecular weight is 316 g/mol. The van der Waals surface area contributed by atoms with Crippen LogP contribution in [0.3, 0.4) is 0 Å². The van der Waals surface area contributed by atoms with Gasteiger partial charge in [0.25, 0.3) is 0 Å². The Hall–Kier alpha value is -1.85. The van der Waals surface area contributed by atoms with E-state index in [1.165, 1.54) is 11.1 Å². The number of hydrogen-bond acceptors (Lipinski definition) is 4. The summed E-state index contributed by atoms with van der Waals surface area (Å²) >= 11 is 1.57. The van der Waals surface area contributed by atoms with Gasteiger partial charge in [0.1, 0.15) is 0 Å². The molecule has 1 aromatic rings. The van der Waals surface area contributed by atoms with Gasteiger partial charge < -0.3 is 0 Å². The molecule has 0 aliphatic heterocycles. The van der Waals surface area contributed by atoms with Gasteiger partial charge in [0.15, 0.2) is 5.17 Å². The molecule has 4 nitrogen and oxygen atoms in total. The van der Waals surface area contributed by atoms with Gasteiger partial charge in [-0.05, 0) is 18.6 Å². The summed E-state index contributed by atoms with van der Waals surface area (Å²) in [4.78, 5) is 0. The first-order valence-electron chi connectivity index (χ1n) is 7.08. The van der Waals surface area contributed by atoms with E-state index in [2.05, 4.69) is 60.0 Å². The third kappa shape index (κ3) is 6.28. The van der Waals surface area contributed by atoms with E-state index in [0.717, 1.165) is 23.1 Å². The molecule has 0 heterocycles. The number of nitrogens with zero attached hydrogens (tertiary/aromatic N) is 3. The van der Waals surface area contributed by atoms with Crippen LogP contribution in [0.15, 0.2) is 59.8 Å². The summed E-state index contributed by atoms with van der Waals surface area (Å²) in [7, 11) is 3.74. The SMILES string of the molecule is C=CCS/C(=N/N=C(\C=C)Cc1ccc(C)cc1)N(C)NC. The predicted octanol–water partition coefficient (Wildman–Crippen LogP) is 3.42. The molecule has 0 aromatic heterocycles. The lowest BCUT2D eigenvalue weighted by Crippen LogP contribution is -2.35. The molecular formula is C17H24N4S. The van der Waals surface area contributed by atoms with Gasteiger partial charge in [0.2, 0.25) is 0 Å². The molecule has 0 spiro atoms. The van der Waals surface area contributed by atoms with Gasteiger partial charge in [-0.2, -0.15) is 5.10 Å². The standard InChI is InChI=1S/C17H24N4S/c1-6-12-22-17(21(5)18-4)20-19-16(7-2)13-15-10-8-14(3)9-11-15/h6-11,18H,1-2,12-13H2,3-5H3/b19-16+,20-17+. The number of hydrazine groups is 1. The second kappa shape index (κ2) is 9.97. The molecule has 0 aliphatic carbocycles. The monoisotopic (exact) mass is 316 g/mol. The van der Waals surface area contributed by atoms with Crippen molar-refractivity contribution in [2.24, 2.45) is 10.2 Å². The Bertz CT molecular complexity index is 546. The summed E-state index contributed by atoms with van der Waals surface area (Å²) in [6, 6.07) is 8.40. The number of thioether (sulfide) groups is 1. The van der Waals surface area contributed by atoms with Crippen molar-refractivity contribution in [3.63, 3.8) is 0 Å². The zero-order chi connectivity index (χ0) is 16.4. The number of allylic oxidation sites excluding steroid dienone is 1. The van der Waals surface area contributed by atoms with Crippen LogP contribution in [0.2, 0.25) is 0 Å². The first-order chi connectivity index (χ1) is 10.6. The second-order valence-corrected chi connectivity index (χ2v) is 5.71. The van der Waals surface area contributed by atoms with E-state index in [9.17, 15) is 0 Å². The highest BCUT2D eigenvalue weighted by Crippen LogP contribution is 2.09. The van der Waals surface area contributed by atoms with Gasteiger partial charge >= 0.3 is 0 Å². The van der Waals surface area contributed by atoms with Crippen LogP contribution in [0.1, 0.15) is 11.1 Å². The summed E-state index contributed by atoms with van der Waals surface area (Å²) in [5.74, 6) is 0.780. The Morgan fingerprint density at radius 1 is 1.27 bits per heavy atom. The lowest BCUT2D eigenvalue weighted by Gasteiger charge is -2.17. The fourth-order valence-electron chi connectivity index (χ4n) is 1.59. The Balaban J connectivity index is 2.87.